The fourth-order valence-electron chi connectivity index (χ4n) is 1.85. The first-order valence-electron chi connectivity index (χ1n) is 5.60. The summed E-state index contributed by atoms with van der Waals surface area (Å²) in [5.41, 5.74) is 2.28. The van der Waals surface area contributed by atoms with Gasteiger partial charge in [-0.25, -0.2) is 0 Å². The molecular weight excluding hydrogens is 220 g/mol. The monoisotopic (exact) mass is 232 g/mol. The third-order valence-corrected chi connectivity index (χ3v) is 3.17. The van der Waals surface area contributed by atoms with Crippen LogP contribution in [-0.4, -0.2) is 9.78 Å². The molecule has 0 aliphatic heterocycles. The normalized spacial score (nSPS) is 15.3. The fraction of sp³-hybridized carbons (Fsp3) is 0.308. The van der Waals surface area contributed by atoms with Crippen molar-refractivity contribution < 1.29 is 0 Å². The molecule has 1 aliphatic rings. The van der Waals surface area contributed by atoms with Gasteiger partial charge in [0.15, 0.2) is 0 Å². The Morgan fingerprint density at radius 3 is 2.94 bits per heavy atom. The summed E-state index contributed by atoms with van der Waals surface area (Å²) in [4.78, 5) is 0. The molecule has 2 nitrogen and oxygen atoms in total. The van der Waals surface area contributed by atoms with Crippen LogP contribution in [-0.2, 0) is 6.54 Å². The Hall–Kier alpha value is -1.28. The van der Waals surface area contributed by atoms with Crippen LogP contribution >= 0.6 is 11.6 Å². The lowest BCUT2D eigenvalue weighted by Crippen LogP contribution is -1.98. The van der Waals surface area contributed by atoms with E-state index in [1.165, 1.54) is 12.8 Å². The summed E-state index contributed by atoms with van der Waals surface area (Å²) in [5.74, 6) is 0.854. The quantitative estimate of drug-likeness (QED) is 0.791. The lowest BCUT2D eigenvalue weighted by molar-refractivity contribution is 0.563. The molecule has 0 saturated heterocycles. The molecule has 0 N–H and O–H groups in total. The van der Waals surface area contributed by atoms with Crippen LogP contribution in [0.5, 0.6) is 0 Å². The molecule has 1 aliphatic carbocycles. The van der Waals surface area contributed by atoms with Crippen molar-refractivity contribution in [2.75, 3.05) is 0 Å². The van der Waals surface area contributed by atoms with Gasteiger partial charge in [0.1, 0.15) is 0 Å². The van der Waals surface area contributed by atoms with Gasteiger partial charge in [-0.05, 0) is 36.5 Å². The van der Waals surface area contributed by atoms with Gasteiger partial charge in [0.05, 0.1) is 6.20 Å². The average Bonchev–Trinajstić information content (AvgIpc) is 2.94. The van der Waals surface area contributed by atoms with Crippen LogP contribution in [0.25, 0.3) is 11.1 Å². The maximum Gasteiger partial charge on any atom is 0.0568 e. The zero-order chi connectivity index (χ0) is 11.0. The minimum Gasteiger partial charge on any atom is -0.272 e. The third-order valence-electron chi connectivity index (χ3n) is 2.93. The van der Waals surface area contributed by atoms with Gasteiger partial charge in [0.2, 0.25) is 0 Å². The van der Waals surface area contributed by atoms with E-state index >= 15 is 0 Å². The molecule has 1 aromatic heterocycles. The lowest BCUT2D eigenvalue weighted by atomic mass is 10.1. The van der Waals surface area contributed by atoms with Crippen LogP contribution in [0.1, 0.15) is 12.8 Å². The Bertz CT molecular complexity index is 500. The molecular formula is C13H13ClN2. The van der Waals surface area contributed by atoms with Crippen molar-refractivity contribution in [1.29, 1.82) is 0 Å². The van der Waals surface area contributed by atoms with Gasteiger partial charge in [0.25, 0.3) is 0 Å². The number of halogens is 1. The van der Waals surface area contributed by atoms with Crippen molar-refractivity contribution in [2.45, 2.75) is 19.4 Å². The second kappa shape index (κ2) is 3.95. The van der Waals surface area contributed by atoms with Gasteiger partial charge >= 0.3 is 0 Å². The predicted octanol–water partition coefficient (Wildman–Crippen LogP) is 3.61. The van der Waals surface area contributed by atoms with Crippen molar-refractivity contribution >= 4 is 11.6 Å². The minimum absolute atomic E-state index is 0.771. The van der Waals surface area contributed by atoms with E-state index in [1.807, 2.05) is 29.1 Å². The molecule has 0 amide bonds. The molecule has 1 aromatic carbocycles. The van der Waals surface area contributed by atoms with E-state index in [9.17, 15) is 0 Å². The van der Waals surface area contributed by atoms with Crippen molar-refractivity contribution in [2.24, 2.45) is 5.92 Å². The summed E-state index contributed by atoms with van der Waals surface area (Å²) in [6, 6.07) is 7.89. The van der Waals surface area contributed by atoms with Gasteiger partial charge < -0.3 is 0 Å². The highest BCUT2D eigenvalue weighted by Crippen LogP contribution is 2.31. The van der Waals surface area contributed by atoms with Crippen molar-refractivity contribution in [1.82, 2.24) is 9.78 Å². The van der Waals surface area contributed by atoms with E-state index in [0.717, 1.165) is 28.6 Å². The van der Waals surface area contributed by atoms with E-state index in [2.05, 4.69) is 17.4 Å². The van der Waals surface area contributed by atoms with Gasteiger partial charge in [0, 0.05) is 23.3 Å². The molecule has 0 unspecified atom stereocenters. The van der Waals surface area contributed by atoms with Crippen LogP contribution in [0.3, 0.4) is 0 Å². The Kier molecular flexibility index (Phi) is 2.44. The average molecular weight is 233 g/mol. The van der Waals surface area contributed by atoms with Crippen LogP contribution < -0.4 is 0 Å². The van der Waals surface area contributed by atoms with Gasteiger partial charge in [-0.1, -0.05) is 23.7 Å². The zero-order valence-corrected chi connectivity index (χ0v) is 9.69. The van der Waals surface area contributed by atoms with Gasteiger partial charge in [-0.3, -0.25) is 4.68 Å². The zero-order valence-electron chi connectivity index (χ0n) is 8.94. The summed E-state index contributed by atoms with van der Waals surface area (Å²) >= 11 is 5.97. The molecule has 1 saturated carbocycles. The van der Waals surface area contributed by atoms with E-state index in [1.54, 1.807) is 0 Å². The summed E-state index contributed by atoms with van der Waals surface area (Å²) < 4.78 is 2.04. The van der Waals surface area contributed by atoms with Crippen LogP contribution in [0.15, 0.2) is 36.7 Å². The topological polar surface area (TPSA) is 17.8 Å². The van der Waals surface area contributed by atoms with Crippen LogP contribution in [0.2, 0.25) is 5.02 Å². The number of hydrogen-bond acceptors (Lipinski definition) is 1. The van der Waals surface area contributed by atoms with Crippen molar-refractivity contribution in [3.8, 4) is 11.1 Å². The fourth-order valence-corrected chi connectivity index (χ4v) is 2.04. The molecule has 0 radical (unpaired) electrons. The summed E-state index contributed by atoms with van der Waals surface area (Å²) in [6.45, 7) is 1.06. The maximum absolute atomic E-state index is 5.97. The lowest BCUT2D eigenvalue weighted by Gasteiger charge is -1.98. The number of hydrogen-bond donors (Lipinski definition) is 0. The molecule has 3 heteroatoms. The molecule has 0 atom stereocenters. The largest absolute Gasteiger partial charge is 0.272 e. The maximum atomic E-state index is 5.97. The number of rotatable bonds is 3. The first-order valence-corrected chi connectivity index (χ1v) is 5.97. The van der Waals surface area contributed by atoms with Crippen molar-refractivity contribution in [3.63, 3.8) is 0 Å². The highest BCUT2D eigenvalue weighted by molar-refractivity contribution is 6.30. The molecule has 16 heavy (non-hydrogen) atoms. The van der Waals surface area contributed by atoms with E-state index in [0.29, 0.717) is 0 Å². The minimum atomic E-state index is 0.771. The van der Waals surface area contributed by atoms with E-state index in [-0.39, 0.29) is 0 Å². The number of nitrogens with zero attached hydrogens (tertiary/aromatic N) is 2. The van der Waals surface area contributed by atoms with Crippen LogP contribution in [0.4, 0.5) is 0 Å². The highest BCUT2D eigenvalue weighted by atomic mass is 35.5. The molecule has 1 heterocycles. The second-order valence-electron chi connectivity index (χ2n) is 4.40. The SMILES string of the molecule is Clc1cccc(-c2cnn(CC3CC3)c2)c1. The standard InChI is InChI=1S/C13H13ClN2/c14-13-3-1-2-11(6-13)12-7-15-16(9-12)8-10-4-5-10/h1-3,6-7,9-10H,4-5,8H2. The molecule has 2 aromatic rings. The Morgan fingerprint density at radius 2 is 2.19 bits per heavy atom. The van der Waals surface area contributed by atoms with Gasteiger partial charge in [-0.2, -0.15) is 5.10 Å². The summed E-state index contributed by atoms with van der Waals surface area (Å²) in [7, 11) is 0. The molecule has 0 spiro atoms. The van der Waals surface area contributed by atoms with E-state index < -0.39 is 0 Å². The summed E-state index contributed by atoms with van der Waals surface area (Å²) in [6.07, 6.45) is 6.72. The highest BCUT2D eigenvalue weighted by Gasteiger charge is 2.21. The third kappa shape index (κ3) is 2.12. The van der Waals surface area contributed by atoms with Gasteiger partial charge in [-0.15, -0.1) is 0 Å². The summed E-state index contributed by atoms with van der Waals surface area (Å²) in [5, 5.41) is 5.15. The molecule has 82 valence electrons. The van der Waals surface area contributed by atoms with Crippen LogP contribution in [0, 0.1) is 5.92 Å². The Labute approximate surface area is 99.9 Å². The molecule has 1 fully saturated rings. The first-order chi connectivity index (χ1) is 7.81. The number of benzene rings is 1. The van der Waals surface area contributed by atoms with Crippen molar-refractivity contribution in [3.05, 3.63) is 41.7 Å². The smallest absolute Gasteiger partial charge is 0.0568 e. The number of aromatic nitrogens is 2. The molecule has 3 rings (SSSR count). The Morgan fingerprint density at radius 1 is 1.31 bits per heavy atom. The second-order valence-corrected chi connectivity index (χ2v) is 4.84. The Balaban J connectivity index is 1.85. The predicted molar refractivity (Wildman–Crippen MR) is 65.4 cm³/mol. The molecule has 0 bridgehead atoms. The van der Waals surface area contributed by atoms with E-state index in [4.69, 9.17) is 11.6 Å². The first kappa shape index (κ1) is 9.91.